The third-order valence-electron chi connectivity index (χ3n) is 2.98. The highest BCUT2D eigenvalue weighted by Gasteiger charge is 2.09. The van der Waals surface area contributed by atoms with Crippen molar-refractivity contribution >= 4 is 5.91 Å². The monoisotopic (exact) mass is 271 g/mol. The van der Waals surface area contributed by atoms with Crippen LogP contribution in [0.25, 0.3) is 0 Å². The molecule has 0 atom stereocenters. The Hall–Kier alpha value is -2.40. The average Bonchev–Trinajstić information content (AvgIpc) is 2.45. The molecule has 0 aliphatic heterocycles. The lowest BCUT2D eigenvalue weighted by molar-refractivity contribution is 0.0949. The lowest BCUT2D eigenvalue weighted by atomic mass is 10.1. The molecule has 1 amide bonds. The van der Waals surface area contributed by atoms with Crippen LogP contribution in [0.15, 0.2) is 41.3 Å². The van der Waals surface area contributed by atoms with Gasteiger partial charge in [-0.25, -0.2) is 0 Å². The minimum absolute atomic E-state index is 0.116. The third-order valence-corrected chi connectivity index (χ3v) is 2.98. The zero-order chi connectivity index (χ0) is 14.5. The van der Waals surface area contributed by atoms with Crippen molar-refractivity contribution in [2.75, 3.05) is 0 Å². The summed E-state index contributed by atoms with van der Waals surface area (Å²) < 4.78 is 0. The Kier molecular flexibility index (Phi) is 4.32. The van der Waals surface area contributed by atoms with Gasteiger partial charge < -0.3 is 16.0 Å². The van der Waals surface area contributed by atoms with Gasteiger partial charge in [0.2, 0.25) is 0 Å². The molecule has 1 aromatic heterocycles. The van der Waals surface area contributed by atoms with E-state index >= 15 is 0 Å². The normalized spacial score (nSPS) is 10.3. The summed E-state index contributed by atoms with van der Waals surface area (Å²) in [5, 5.41) is 2.73. The summed E-state index contributed by atoms with van der Waals surface area (Å²) >= 11 is 0. The van der Waals surface area contributed by atoms with E-state index in [2.05, 4.69) is 10.3 Å². The van der Waals surface area contributed by atoms with Gasteiger partial charge in [-0.2, -0.15) is 0 Å². The van der Waals surface area contributed by atoms with Gasteiger partial charge in [-0.05, 0) is 18.1 Å². The van der Waals surface area contributed by atoms with E-state index in [1.165, 1.54) is 12.3 Å². The average molecular weight is 271 g/mol. The number of pyridine rings is 1. The SMILES string of the molecule is Cc1cc(=O)c(C(=O)NCc2cccc(CN)c2)c[nH]1. The van der Waals surface area contributed by atoms with E-state index in [9.17, 15) is 9.59 Å². The fraction of sp³-hybridized carbons (Fsp3) is 0.200. The van der Waals surface area contributed by atoms with Gasteiger partial charge in [-0.15, -0.1) is 0 Å². The Labute approximate surface area is 116 Å². The van der Waals surface area contributed by atoms with Crippen molar-refractivity contribution in [1.82, 2.24) is 10.3 Å². The number of aryl methyl sites for hydroxylation is 1. The Morgan fingerprint density at radius 1 is 1.30 bits per heavy atom. The van der Waals surface area contributed by atoms with Gasteiger partial charge in [0, 0.05) is 31.0 Å². The van der Waals surface area contributed by atoms with Crippen LogP contribution in [0.2, 0.25) is 0 Å². The van der Waals surface area contributed by atoms with Crippen LogP contribution in [0.5, 0.6) is 0 Å². The number of rotatable bonds is 4. The van der Waals surface area contributed by atoms with Crippen molar-refractivity contribution in [1.29, 1.82) is 0 Å². The van der Waals surface area contributed by atoms with Crippen LogP contribution < -0.4 is 16.5 Å². The van der Waals surface area contributed by atoms with E-state index in [1.807, 2.05) is 24.3 Å². The molecule has 0 saturated heterocycles. The summed E-state index contributed by atoms with van der Waals surface area (Å²) in [4.78, 5) is 26.5. The molecule has 2 rings (SSSR count). The first-order valence-corrected chi connectivity index (χ1v) is 6.35. The Bertz CT molecular complexity index is 677. The van der Waals surface area contributed by atoms with Gasteiger partial charge in [0.15, 0.2) is 5.43 Å². The van der Waals surface area contributed by atoms with Crippen molar-refractivity contribution in [2.45, 2.75) is 20.0 Å². The molecule has 0 unspecified atom stereocenters. The minimum Gasteiger partial charge on any atom is -0.364 e. The molecule has 5 nitrogen and oxygen atoms in total. The molecule has 0 spiro atoms. The second-order valence-corrected chi connectivity index (χ2v) is 4.60. The molecule has 0 radical (unpaired) electrons. The maximum Gasteiger partial charge on any atom is 0.257 e. The zero-order valence-electron chi connectivity index (χ0n) is 11.3. The maximum atomic E-state index is 11.9. The summed E-state index contributed by atoms with van der Waals surface area (Å²) in [5.41, 5.74) is 8.08. The number of nitrogens with two attached hydrogens (primary N) is 1. The fourth-order valence-corrected chi connectivity index (χ4v) is 1.89. The van der Waals surface area contributed by atoms with Gasteiger partial charge in [0.25, 0.3) is 5.91 Å². The summed E-state index contributed by atoms with van der Waals surface area (Å²) in [7, 11) is 0. The number of H-pyrrole nitrogens is 1. The molecule has 1 aromatic carbocycles. The molecule has 1 heterocycles. The molecule has 0 fully saturated rings. The fourth-order valence-electron chi connectivity index (χ4n) is 1.89. The predicted octanol–water partition coefficient (Wildman–Crippen LogP) is 1.07. The van der Waals surface area contributed by atoms with Gasteiger partial charge in [-0.3, -0.25) is 9.59 Å². The first kappa shape index (κ1) is 14.0. The molecule has 5 heteroatoms. The Balaban J connectivity index is 2.06. The maximum absolute atomic E-state index is 11.9. The summed E-state index contributed by atoms with van der Waals surface area (Å²) in [6.07, 6.45) is 1.43. The number of carbonyl (C=O) groups excluding carboxylic acids is 1. The molecule has 20 heavy (non-hydrogen) atoms. The largest absolute Gasteiger partial charge is 0.364 e. The van der Waals surface area contributed by atoms with Crippen LogP contribution in [0.1, 0.15) is 27.2 Å². The van der Waals surface area contributed by atoms with Gasteiger partial charge >= 0.3 is 0 Å². The molecular formula is C15H17N3O2. The van der Waals surface area contributed by atoms with Crippen LogP contribution >= 0.6 is 0 Å². The summed E-state index contributed by atoms with van der Waals surface area (Å²) in [6, 6.07) is 9.06. The molecule has 2 aromatic rings. The van der Waals surface area contributed by atoms with Crippen LogP contribution in [-0.4, -0.2) is 10.9 Å². The van der Waals surface area contributed by atoms with E-state index in [-0.39, 0.29) is 16.9 Å². The van der Waals surface area contributed by atoms with E-state index in [4.69, 9.17) is 5.73 Å². The number of aromatic amines is 1. The van der Waals surface area contributed by atoms with Crippen molar-refractivity contribution in [3.63, 3.8) is 0 Å². The lowest BCUT2D eigenvalue weighted by Gasteiger charge is -2.06. The van der Waals surface area contributed by atoms with Crippen LogP contribution in [0.3, 0.4) is 0 Å². The highest BCUT2D eigenvalue weighted by Crippen LogP contribution is 2.04. The Morgan fingerprint density at radius 3 is 2.75 bits per heavy atom. The number of carbonyl (C=O) groups is 1. The van der Waals surface area contributed by atoms with Gasteiger partial charge in [0.1, 0.15) is 5.56 Å². The van der Waals surface area contributed by atoms with Crippen molar-refractivity contribution in [3.05, 3.63) is 69.1 Å². The third kappa shape index (κ3) is 3.33. The number of hydrogen-bond acceptors (Lipinski definition) is 3. The van der Waals surface area contributed by atoms with E-state index in [0.29, 0.717) is 13.1 Å². The number of nitrogens with one attached hydrogen (secondary N) is 2. The second-order valence-electron chi connectivity index (χ2n) is 4.60. The highest BCUT2D eigenvalue weighted by molar-refractivity contribution is 5.93. The molecule has 0 aliphatic carbocycles. The second kappa shape index (κ2) is 6.16. The minimum atomic E-state index is -0.385. The van der Waals surface area contributed by atoms with E-state index in [0.717, 1.165) is 16.8 Å². The van der Waals surface area contributed by atoms with Crippen LogP contribution in [0.4, 0.5) is 0 Å². The van der Waals surface area contributed by atoms with Crippen molar-refractivity contribution < 1.29 is 4.79 Å². The number of amides is 1. The quantitative estimate of drug-likeness (QED) is 0.777. The first-order chi connectivity index (χ1) is 9.60. The predicted molar refractivity (Wildman–Crippen MR) is 77.3 cm³/mol. The molecular weight excluding hydrogens is 254 g/mol. The summed E-state index contributed by atoms with van der Waals surface area (Å²) in [6.45, 7) is 2.58. The first-order valence-electron chi connectivity index (χ1n) is 6.35. The van der Waals surface area contributed by atoms with E-state index < -0.39 is 0 Å². The number of benzene rings is 1. The standard InChI is InChI=1S/C15H17N3O2/c1-10-5-14(19)13(9-17-10)15(20)18-8-12-4-2-3-11(6-12)7-16/h2-6,9H,7-8,16H2,1H3,(H,17,19)(H,18,20). The molecule has 0 bridgehead atoms. The molecule has 4 N–H and O–H groups in total. The van der Waals surface area contributed by atoms with Gasteiger partial charge in [0.05, 0.1) is 0 Å². The van der Waals surface area contributed by atoms with Crippen molar-refractivity contribution in [2.24, 2.45) is 5.73 Å². The Morgan fingerprint density at radius 2 is 2.05 bits per heavy atom. The van der Waals surface area contributed by atoms with Crippen molar-refractivity contribution in [3.8, 4) is 0 Å². The van der Waals surface area contributed by atoms with Crippen LogP contribution in [0, 0.1) is 6.92 Å². The molecule has 0 saturated carbocycles. The highest BCUT2D eigenvalue weighted by atomic mass is 16.2. The molecule has 0 aliphatic rings. The summed E-state index contributed by atoms with van der Waals surface area (Å²) in [5.74, 6) is -0.385. The zero-order valence-corrected chi connectivity index (χ0v) is 11.3. The van der Waals surface area contributed by atoms with Crippen LogP contribution in [-0.2, 0) is 13.1 Å². The smallest absolute Gasteiger partial charge is 0.257 e. The van der Waals surface area contributed by atoms with Gasteiger partial charge in [-0.1, -0.05) is 24.3 Å². The number of hydrogen-bond donors (Lipinski definition) is 3. The number of aromatic nitrogens is 1. The topological polar surface area (TPSA) is 88.0 Å². The molecule has 104 valence electrons. The lowest BCUT2D eigenvalue weighted by Crippen LogP contribution is -2.28. The van der Waals surface area contributed by atoms with E-state index in [1.54, 1.807) is 6.92 Å².